The van der Waals surface area contributed by atoms with Gasteiger partial charge in [-0.25, -0.2) is 0 Å². The Kier molecular flexibility index (Phi) is 9.13. The van der Waals surface area contributed by atoms with Crippen molar-refractivity contribution in [1.82, 2.24) is 0 Å². The number of benzene rings is 2. The van der Waals surface area contributed by atoms with Gasteiger partial charge in [-0.1, -0.05) is 111 Å². The maximum Gasteiger partial charge on any atom is 0.192 e. The van der Waals surface area contributed by atoms with Gasteiger partial charge in [0.15, 0.2) is 8.32 Å². The Morgan fingerprint density at radius 3 is 1.97 bits per heavy atom. The summed E-state index contributed by atoms with van der Waals surface area (Å²) in [7, 11) is -3.08. The van der Waals surface area contributed by atoms with Gasteiger partial charge in [-0.3, -0.25) is 0 Å². The maximum absolute atomic E-state index is 6.93. The van der Waals surface area contributed by atoms with E-state index in [-0.39, 0.29) is 6.10 Å². The summed E-state index contributed by atoms with van der Waals surface area (Å²) in [5.74, 6) is 0. The Hall–Kier alpha value is -1.43. The van der Waals surface area contributed by atoms with E-state index in [1.165, 1.54) is 40.5 Å². The minimum absolute atomic E-state index is 0.180. The molecule has 0 heterocycles. The van der Waals surface area contributed by atoms with Gasteiger partial charge in [0.2, 0.25) is 0 Å². The van der Waals surface area contributed by atoms with E-state index in [0.29, 0.717) is 0 Å². The molecule has 2 aromatic rings. The average Bonchev–Trinajstić information content (AvgIpc) is 2.75. The fourth-order valence-electron chi connectivity index (χ4n) is 3.94. The summed E-state index contributed by atoms with van der Waals surface area (Å²) in [6.45, 7) is 14.0. The Bertz CT molecular complexity index is 738. The third-order valence-electron chi connectivity index (χ3n) is 6.47. The highest BCUT2D eigenvalue weighted by Gasteiger charge is 2.32. The number of aryl methyl sites for hydroxylation is 1. The molecule has 2 rings (SSSR count). The monoisotopic (exact) mass is 424 g/mol. The van der Waals surface area contributed by atoms with Gasteiger partial charge in [0.25, 0.3) is 0 Å². The summed E-state index contributed by atoms with van der Waals surface area (Å²) in [4.78, 5) is 0. The molecule has 0 aliphatic carbocycles. The molecular formula is C26H40OSi2. The van der Waals surface area contributed by atoms with E-state index in [1.807, 2.05) is 0 Å². The molecule has 0 aliphatic heterocycles. The molecule has 29 heavy (non-hydrogen) atoms. The van der Waals surface area contributed by atoms with Crippen molar-refractivity contribution in [3.63, 3.8) is 0 Å². The van der Waals surface area contributed by atoms with Crippen LogP contribution in [0.1, 0.15) is 44.4 Å². The summed E-state index contributed by atoms with van der Waals surface area (Å²) in [6, 6.07) is 24.7. The molecule has 1 atom stereocenters. The molecule has 3 heteroatoms. The van der Waals surface area contributed by atoms with Gasteiger partial charge in [-0.2, -0.15) is 0 Å². The first-order chi connectivity index (χ1) is 13.9. The second-order valence-electron chi connectivity index (χ2n) is 8.92. The molecular weight excluding hydrogens is 384 g/mol. The minimum atomic E-state index is -1.65. The molecule has 0 fully saturated rings. The van der Waals surface area contributed by atoms with Gasteiger partial charge in [0.1, 0.15) is 0 Å². The molecule has 0 amide bonds. The van der Waals surface area contributed by atoms with Crippen LogP contribution in [0.5, 0.6) is 0 Å². The Morgan fingerprint density at radius 2 is 1.41 bits per heavy atom. The van der Waals surface area contributed by atoms with Crippen LogP contribution in [0, 0.1) is 6.92 Å². The van der Waals surface area contributed by atoms with Gasteiger partial charge in [0.05, 0.1) is 14.2 Å². The normalized spacial score (nSPS) is 13.7. The van der Waals surface area contributed by atoms with Crippen LogP contribution in [0.15, 0.2) is 66.7 Å². The first kappa shape index (κ1) is 23.8. The molecule has 0 saturated carbocycles. The highest BCUT2D eigenvalue weighted by molar-refractivity contribution is 6.90. The van der Waals surface area contributed by atoms with Crippen LogP contribution in [0.2, 0.25) is 37.3 Å². The fraction of sp³-hybridized carbons (Fsp3) is 0.462. The van der Waals surface area contributed by atoms with Crippen molar-refractivity contribution in [2.24, 2.45) is 0 Å². The molecule has 1 unspecified atom stereocenters. The Balaban J connectivity index is 2.13. The summed E-state index contributed by atoms with van der Waals surface area (Å²) in [5.41, 5.74) is 2.63. The molecule has 0 bridgehead atoms. The van der Waals surface area contributed by atoms with Crippen molar-refractivity contribution in [3.05, 3.63) is 77.9 Å². The first-order valence-corrected chi connectivity index (χ1v) is 17.0. The fourth-order valence-corrected chi connectivity index (χ4v) is 8.86. The van der Waals surface area contributed by atoms with E-state index < -0.39 is 16.4 Å². The van der Waals surface area contributed by atoms with E-state index >= 15 is 0 Å². The topological polar surface area (TPSA) is 9.23 Å². The van der Waals surface area contributed by atoms with E-state index in [2.05, 4.69) is 108 Å². The van der Waals surface area contributed by atoms with Gasteiger partial charge in [-0.15, -0.1) is 0 Å². The number of allylic oxidation sites excluding steroid dienone is 1. The van der Waals surface area contributed by atoms with E-state index in [1.54, 1.807) is 0 Å². The Labute approximate surface area is 181 Å². The van der Waals surface area contributed by atoms with Crippen molar-refractivity contribution in [2.75, 3.05) is 0 Å². The molecule has 0 aromatic heterocycles. The highest BCUT2D eigenvalue weighted by Crippen LogP contribution is 2.32. The van der Waals surface area contributed by atoms with Crippen LogP contribution in [0.3, 0.4) is 0 Å². The molecule has 158 valence electrons. The maximum atomic E-state index is 6.93. The summed E-state index contributed by atoms with van der Waals surface area (Å²) in [5, 5.41) is 1.53. The van der Waals surface area contributed by atoms with Crippen molar-refractivity contribution in [1.29, 1.82) is 0 Å². The standard InChI is InChI=1S/C26H40OSi2/c1-7-29(8-2,9-3)27-26(24-20-18-23(4)19-21-24)17-13-14-22-28(5,6)25-15-11-10-12-16-25/h10-16,18-21,26H,7-9,17,22H2,1-6H3/b14-13+. The van der Waals surface area contributed by atoms with E-state index in [4.69, 9.17) is 4.43 Å². The third-order valence-corrected chi connectivity index (χ3v) is 14.3. The first-order valence-electron chi connectivity index (χ1n) is 11.3. The van der Waals surface area contributed by atoms with Crippen LogP contribution < -0.4 is 5.19 Å². The minimum Gasteiger partial charge on any atom is -0.410 e. The molecule has 0 N–H and O–H groups in total. The van der Waals surface area contributed by atoms with Crippen LogP contribution in [0.25, 0.3) is 0 Å². The SMILES string of the molecule is CC[Si](CC)(CC)OC(C/C=C/C[Si](C)(C)c1ccccc1)c1ccc(C)cc1. The molecule has 0 aliphatic rings. The van der Waals surface area contributed by atoms with E-state index in [0.717, 1.165) is 6.42 Å². The van der Waals surface area contributed by atoms with Gasteiger partial charge in [-0.05, 0) is 43.1 Å². The van der Waals surface area contributed by atoms with Crippen molar-refractivity contribution in [3.8, 4) is 0 Å². The van der Waals surface area contributed by atoms with Gasteiger partial charge in [0, 0.05) is 0 Å². The molecule has 0 saturated heterocycles. The zero-order valence-corrected chi connectivity index (χ0v) is 21.4. The third kappa shape index (κ3) is 6.80. The zero-order chi connectivity index (χ0) is 21.3. The van der Waals surface area contributed by atoms with Crippen molar-refractivity contribution < 1.29 is 4.43 Å². The smallest absolute Gasteiger partial charge is 0.192 e. The van der Waals surface area contributed by atoms with Crippen LogP contribution >= 0.6 is 0 Å². The second kappa shape index (κ2) is 11.1. The lowest BCUT2D eigenvalue weighted by molar-refractivity contribution is 0.193. The quantitative estimate of drug-likeness (QED) is 0.266. The number of rotatable bonds is 11. The average molecular weight is 425 g/mol. The van der Waals surface area contributed by atoms with Crippen LogP contribution in [0.4, 0.5) is 0 Å². The van der Waals surface area contributed by atoms with Crippen molar-refractivity contribution >= 4 is 21.6 Å². The molecule has 2 aromatic carbocycles. The Morgan fingerprint density at radius 1 is 0.828 bits per heavy atom. The lowest BCUT2D eigenvalue weighted by Gasteiger charge is -2.33. The van der Waals surface area contributed by atoms with Gasteiger partial charge < -0.3 is 4.43 Å². The second-order valence-corrected chi connectivity index (χ2v) is 18.4. The predicted molar refractivity (Wildman–Crippen MR) is 134 cm³/mol. The van der Waals surface area contributed by atoms with Crippen molar-refractivity contribution in [2.45, 2.75) is 77.5 Å². The largest absolute Gasteiger partial charge is 0.410 e. The molecule has 1 nitrogen and oxygen atoms in total. The summed E-state index contributed by atoms with van der Waals surface area (Å²) in [6.07, 6.45) is 5.94. The lowest BCUT2D eigenvalue weighted by atomic mass is 10.1. The number of hydrogen-bond acceptors (Lipinski definition) is 1. The molecule has 0 radical (unpaired) electrons. The summed E-state index contributed by atoms with van der Waals surface area (Å²) >= 11 is 0. The predicted octanol–water partition coefficient (Wildman–Crippen LogP) is 7.62. The number of hydrogen-bond donors (Lipinski definition) is 0. The van der Waals surface area contributed by atoms with Crippen LogP contribution in [-0.4, -0.2) is 16.4 Å². The van der Waals surface area contributed by atoms with Gasteiger partial charge >= 0.3 is 0 Å². The highest BCUT2D eigenvalue weighted by atomic mass is 28.4. The van der Waals surface area contributed by atoms with Crippen LogP contribution in [-0.2, 0) is 4.43 Å². The lowest BCUT2D eigenvalue weighted by Crippen LogP contribution is -2.40. The zero-order valence-electron chi connectivity index (χ0n) is 19.4. The molecule has 0 spiro atoms. The van der Waals surface area contributed by atoms with E-state index in [9.17, 15) is 0 Å². The summed E-state index contributed by atoms with van der Waals surface area (Å²) < 4.78 is 6.93.